The molecular formula is C14H14Hg. The topological polar surface area (TPSA) is 0 Å². The summed E-state index contributed by atoms with van der Waals surface area (Å²) in [5.41, 5.74) is 2.86. The van der Waals surface area contributed by atoms with Gasteiger partial charge in [0.05, 0.1) is 0 Å². The van der Waals surface area contributed by atoms with Gasteiger partial charge in [-0.05, 0) is 0 Å². The molecule has 0 N–H and O–H groups in total. The predicted molar refractivity (Wildman–Crippen MR) is 61.6 cm³/mol. The molecule has 15 heavy (non-hydrogen) atoms. The summed E-state index contributed by atoms with van der Waals surface area (Å²) in [6.45, 7) is 4.40. The van der Waals surface area contributed by atoms with E-state index in [1.54, 1.807) is 6.14 Å². The van der Waals surface area contributed by atoms with Crippen LogP contribution in [-0.2, 0) is 24.6 Å². The Kier molecular flexibility index (Phi) is 3.58. The van der Waals surface area contributed by atoms with Crippen LogP contribution < -0.4 is 6.14 Å². The minimum atomic E-state index is -1.07. The first kappa shape index (κ1) is 10.9. The molecule has 0 aromatic heterocycles. The van der Waals surface area contributed by atoms with E-state index in [0.29, 0.717) is 0 Å². The van der Waals surface area contributed by atoms with Gasteiger partial charge >= 0.3 is 104 Å². The fourth-order valence-corrected chi connectivity index (χ4v) is 7.94. The third kappa shape index (κ3) is 2.91. The van der Waals surface area contributed by atoms with Crippen molar-refractivity contribution in [1.29, 1.82) is 0 Å². The van der Waals surface area contributed by atoms with Gasteiger partial charge < -0.3 is 0 Å². The summed E-state index contributed by atoms with van der Waals surface area (Å²) in [5.74, 6) is 0. The van der Waals surface area contributed by atoms with E-state index in [1.165, 1.54) is 11.1 Å². The monoisotopic (exact) mass is 384 g/mol. The Bertz CT molecular complexity index is 446. The van der Waals surface area contributed by atoms with E-state index in [0.717, 1.165) is 0 Å². The van der Waals surface area contributed by atoms with Gasteiger partial charge in [-0.1, -0.05) is 0 Å². The van der Waals surface area contributed by atoms with Crippen molar-refractivity contribution in [2.45, 2.75) is 13.8 Å². The Hall–Kier alpha value is -0.625. The average Bonchev–Trinajstić information content (AvgIpc) is 2.24. The van der Waals surface area contributed by atoms with Crippen molar-refractivity contribution in [2.24, 2.45) is 0 Å². The number of rotatable bonds is 2. The molecule has 2 aromatic rings. The summed E-state index contributed by atoms with van der Waals surface area (Å²) < 4.78 is 3.25. The van der Waals surface area contributed by atoms with Crippen molar-refractivity contribution in [2.75, 3.05) is 0 Å². The summed E-state index contributed by atoms with van der Waals surface area (Å²) in [6, 6.07) is 17.8. The molecule has 1 heteroatoms. The Labute approximate surface area is 104 Å². The van der Waals surface area contributed by atoms with Crippen molar-refractivity contribution < 1.29 is 24.6 Å². The number of hydrogen-bond acceptors (Lipinski definition) is 0. The van der Waals surface area contributed by atoms with Crippen LogP contribution in [0.3, 0.4) is 0 Å². The molecule has 0 heterocycles. The number of aryl methyl sites for hydroxylation is 2. The zero-order chi connectivity index (χ0) is 10.7. The van der Waals surface area contributed by atoms with E-state index in [-0.39, 0.29) is 0 Å². The fraction of sp³-hybridized carbons (Fsp3) is 0.143. The molecule has 0 aliphatic rings. The van der Waals surface area contributed by atoms with Gasteiger partial charge in [0.25, 0.3) is 0 Å². The standard InChI is InChI=1S/C8H9.C6H5.Hg/c1-7-4-3-5-8(2)6-7;1-2-4-6-5-3-1;/h3-4,6H,1-2H3;1-5H;. The molecule has 0 aliphatic carbocycles. The molecule has 0 atom stereocenters. The SMILES string of the molecule is Cc1cc[c]([Hg][c]2ccccc2)c(C)c1. The second-order valence-corrected chi connectivity index (χ2v) is 11.6. The van der Waals surface area contributed by atoms with Gasteiger partial charge in [0.2, 0.25) is 0 Å². The van der Waals surface area contributed by atoms with Crippen LogP contribution in [-0.4, -0.2) is 0 Å². The van der Waals surface area contributed by atoms with Gasteiger partial charge in [0.15, 0.2) is 0 Å². The van der Waals surface area contributed by atoms with Crippen LogP contribution in [0.1, 0.15) is 11.1 Å². The number of benzene rings is 2. The molecular weight excluding hydrogens is 369 g/mol. The first-order chi connectivity index (χ1) is 7.25. The summed E-state index contributed by atoms with van der Waals surface area (Å²) in [4.78, 5) is 0. The third-order valence-corrected chi connectivity index (χ3v) is 10.7. The van der Waals surface area contributed by atoms with Crippen molar-refractivity contribution >= 4 is 6.14 Å². The molecule has 2 aromatic carbocycles. The predicted octanol–water partition coefficient (Wildman–Crippen LogP) is 2.34. The van der Waals surface area contributed by atoms with Crippen LogP contribution in [0.15, 0.2) is 48.5 Å². The van der Waals surface area contributed by atoms with E-state index < -0.39 is 24.6 Å². The van der Waals surface area contributed by atoms with Gasteiger partial charge in [0, 0.05) is 0 Å². The van der Waals surface area contributed by atoms with Gasteiger partial charge in [0.1, 0.15) is 0 Å². The fourth-order valence-electron chi connectivity index (χ4n) is 1.86. The second kappa shape index (κ2) is 4.93. The summed E-state index contributed by atoms with van der Waals surface area (Å²) in [6.07, 6.45) is 0. The van der Waals surface area contributed by atoms with Crippen LogP contribution in [0.4, 0.5) is 0 Å². The third-order valence-electron chi connectivity index (χ3n) is 2.74. The maximum absolute atomic E-state index is 2.33. The molecule has 0 bridgehead atoms. The molecule has 0 aliphatic heterocycles. The minimum absolute atomic E-state index is 1.07. The molecule has 72 valence electrons. The van der Waals surface area contributed by atoms with E-state index in [2.05, 4.69) is 62.4 Å². The molecule has 0 fully saturated rings. The van der Waals surface area contributed by atoms with E-state index in [1.807, 2.05) is 0 Å². The van der Waals surface area contributed by atoms with Crippen molar-refractivity contribution in [3.05, 3.63) is 59.7 Å². The second-order valence-electron chi connectivity index (χ2n) is 4.09. The first-order valence-corrected chi connectivity index (χ1v) is 10.9. The molecule has 0 radical (unpaired) electrons. The molecule has 0 amide bonds. The Morgan fingerprint density at radius 3 is 2.27 bits per heavy atom. The van der Waals surface area contributed by atoms with Gasteiger partial charge in [-0.15, -0.1) is 0 Å². The molecule has 0 unspecified atom stereocenters. The van der Waals surface area contributed by atoms with Crippen molar-refractivity contribution in [1.82, 2.24) is 0 Å². The summed E-state index contributed by atoms with van der Waals surface area (Å²) in [7, 11) is 0. The number of hydrogen-bond donors (Lipinski definition) is 0. The van der Waals surface area contributed by atoms with Crippen LogP contribution in [0.25, 0.3) is 0 Å². The molecule has 0 spiro atoms. The Balaban J connectivity index is 2.25. The van der Waals surface area contributed by atoms with Crippen LogP contribution in [0.2, 0.25) is 0 Å². The molecule has 0 saturated heterocycles. The van der Waals surface area contributed by atoms with E-state index in [9.17, 15) is 0 Å². The van der Waals surface area contributed by atoms with Crippen LogP contribution in [0, 0.1) is 13.8 Å². The molecule has 0 saturated carbocycles. The van der Waals surface area contributed by atoms with Crippen LogP contribution in [0.5, 0.6) is 0 Å². The van der Waals surface area contributed by atoms with Gasteiger partial charge in [-0.2, -0.15) is 0 Å². The zero-order valence-corrected chi connectivity index (χ0v) is 14.8. The Morgan fingerprint density at radius 1 is 0.867 bits per heavy atom. The summed E-state index contributed by atoms with van der Waals surface area (Å²) in [5, 5.41) is 0. The van der Waals surface area contributed by atoms with Crippen LogP contribution >= 0.6 is 0 Å². The summed E-state index contributed by atoms with van der Waals surface area (Å²) >= 11 is -1.07. The molecule has 0 nitrogen and oxygen atoms in total. The van der Waals surface area contributed by atoms with Crippen molar-refractivity contribution in [3.8, 4) is 0 Å². The zero-order valence-electron chi connectivity index (χ0n) is 9.33. The van der Waals surface area contributed by atoms with E-state index in [4.69, 9.17) is 0 Å². The normalized spacial score (nSPS) is 9.73. The van der Waals surface area contributed by atoms with Gasteiger partial charge in [-0.25, -0.2) is 0 Å². The van der Waals surface area contributed by atoms with E-state index >= 15 is 0 Å². The first-order valence-electron chi connectivity index (χ1n) is 5.36. The van der Waals surface area contributed by atoms with Crippen molar-refractivity contribution in [3.63, 3.8) is 0 Å². The quantitative estimate of drug-likeness (QED) is 0.699. The molecule has 2 rings (SSSR count). The maximum atomic E-state index is 2.33. The average molecular weight is 383 g/mol. The Morgan fingerprint density at radius 2 is 1.60 bits per heavy atom. The van der Waals surface area contributed by atoms with Gasteiger partial charge in [-0.3, -0.25) is 0 Å².